The average molecular weight is 2100 g/mol. The van der Waals surface area contributed by atoms with E-state index in [-0.39, 0.29) is 129 Å². The molecule has 2 saturated carbocycles. The molecule has 5 aliphatic rings. The van der Waals surface area contributed by atoms with Crippen molar-refractivity contribution in [2.75, 3.05) is 27.9 Å². The zero-order valence-corrected chi connectivity index (χ0v) is 83.4. The lowest BCUT2D eigenvalue weighted by Gasteiger charge is -2.48. The number of hydrogen-bond acceptors (Lipinski definition) is 18. The van der Waals surface area contributed by atoms with Gasteiger partial charge in [0.05, 0.1) is 45.9 Å². The summed E-state index contributed by atoms with van der Waals surface area (Å²) in [6, 6.07) is 6.37. The molecule has 9 heterocycles. The van der Waals surface area contributed by atoms with Crippen LogP contribution in [0.2, 0.25) is 0 Å². The number of likely N-dealkylation sites (tertiary alicyclic amines) is 3. The second kappa shape index (κ2) is 46.9. The monoisotopic (exact) mass is 2100 g/mol. The Morgan fingerprint density at radius 3 is 0.892 bits per heavy atom. The Bertz CT molecular complexity index is 5880. The van der Waals surface area contributed by atoms with Crippen LogP contribution in [0.15, 0.2) is 147 Å². The van der Waals surface area contributed by atoms with Crippen molar-refractivity contribution < 1.29 is 137 Å². The van der Waals surface area contributed by atoms with E-state index in [1.807, 2.05) is 146 Å². The molecule has 45 heteroatoms. The molecule has 6 aromatic heterocycles. The van der Waals surface area contributed by atoms with Gasteiger partial charge in [-0.2, -0.15) is 79.0 Å². The van der Waals surface area contributed by atoms with Gasteiger partial charge in [-0.3, -0.25) is 14.4 Å². The first-order valence-electron chi connectivity index (χ1n) is 49.0. The van der Waals surface area contributed by atoms with E-state index in [1.54, 1.807) is 66.6 Å². The smallest absolute Gasteiger partial charge is 0.416 e. The Morgan fingerprint density at radius 1 is 0.385 bits per heavy atom. The van der Waals surface area contributed by atoms with Crippen molar-refractivity contribution in [3.8, 4) is 33.4 Å². The molecular formula is C103H121F18N15O12. The van der Waals surface area contributed by atoms with E-state index in [9.17, 15) is 118 Å². The molecule has 3 unspecified atom stereocenters. The van der Waals surface area contributed by atoms with E-state index in [0.717, 1.165) is 29.5 Å². The van der Waals surface area contributed by atoms with Crippen LogP contribution in [0.1, 0.15) is 234 Å². The van der Waals surface area contributed by atoms with Gasteiger partial charge in [0, 0.05) is 209 Å². The summed E-state index contributed by atoms with van der Waals surface area (Å²) in [5.74, 6) is -3.09. The number of ether oxygens (including phenoxy) is 3. The van der Waals surface area contributed by atoms with E-state index < -0.39 is 160 Å². The number of carboxylic acid groups (broad SMARTS) is 3. The van der Waals surface area contributed by atoms with Crippen LogP contribution in [0.3, 0.4) is 0 Å². The largest absolute Gasteiger partial charge is 0.481 e. The molecule has 0 radical (unpaired) electrons. The van der Waals surface area contributed by atoms with E-state index in [4.69, 9.17) is 19.3 Å². The Labute approximate surface area is 843 Å². The number of aryl methyl sites for hydroxylation is 3. The molecule has 3 saturated heterocycles. The number of nitrogens with zero attached hydrogens (tertiary/aromatic N) is 15. The number of carbonyl (C=O) groups is 6. The van der Waals surface area contributed by atoms with Crippen LogP contribution >= 0.6 is 0 Å². The fourth-order valence-corrected chi connectivity index (χ4v) is 20.1. The Kier molecular flexibility index (Phi) is 36.1. The minimum absolute atomic E-state index is 0.00325. The molecule has 3 amide bonds. The third-order valence-electron chi connectivity index (χ3n) is 28.4. The number of halogens is 18. The van der Waals surface area contributed by atoms with Gasteiger partial charge in [-0.25, -0.2) is 44.3 Å². The van der Waals surface area contributed by atoms with Gasteiger partial charge in [0.15, 0.2) is 0 Å². The Balaban J connectivity index is 0.000000197. The minimum atomic E-state index is -5.02. The first-order chi connectivity index (χ1) is 69.4. The summed E-state index contributed by atoms with van der Waals surface area (Å²) in [5, 5.41) is 28.1. The molecule has 27 nitrogen and oxygen atoms in total. The van der Waals surface area contributed by atoms with Gasteiger partial charge in [0.2, 0.25) is 17.8 Å². The number of amides is 3. The van der Waals surface area contributed by atoms with Crippen LogP contribution in [-0.4, -0.2) is 184 Å². The third-order valence-corrected chi connectivity index (χ3v) is 28.4. The summed E-state index contributed by atoms with van der Waals surface area (Å²) in [6.07, 6.45) is -4.18. The number of carboxylic acids is 3. The highest BCUT2D eigenvalue weighted by atomic mass is 19.4. The topological polar surface area (TPSA) is 302 Å². The molecule has 14 rings (SSSR count). The summed E-state index contributed by atoms with van der Waals surface area (Å²) >= 11 is 0. The van der Waals surface area contributed by atoms with Crippen molar-refractivity contribution in [1.29, 1.82) is 0 Å². The molecule has 3 aliphatic heterocycles. The summed E-state index contributed by atoms with van der Waals surface area (Å²) < 4.78 is 271. The maximum atomic E-state index is 13.8. The molecule has 0 bridgehead atoms. The van der Waals surface area contributed by atoms with Crippen molar-refractivity contribution in [3.63, 3.8) is 0 Å². The SMILES string of the molecule is CC[C@@H]1CC(N(Cc2cc(C(F)(F)F)cc(C(F)(F)F)c2)c2ncc(-c3ccn(C)c3)cn2)C[C@H](CC)N1C(=O)OC1CC(C(=O)O)C1.CC[C@@H]1CC(N(Cc2cc(C(F)(F)F)cc(C(F)(F)F)c2)c2ncc(-c3ccn(C)c3)cn2)C[C@H](CC)N1C(=O)OCC(C)(C)CCC(=O)O.CC[C@@H]1CC(N(Cc2cc(C(F)(F)F)cc(C(F)(F)F)c2)c2ncc(-c3ccn(C)c3)cn2)C[C@H](CC)N1C(=O)OCC1(C(=O)O)CCCC1. The Hall–Kier alpha value is -12.9. The number of aromatic nitrogens is 9. The van der Waals surface area contributed by atoms with Crippen LogP contribution in [0.4, 0.5) is 111 Å². The van der Waals surface area contributed by atoms with Crippen LogP contribution in [-0.2, 0) is 106 Å². The first kappa shape index (κ1) is 114. The second-order valence-corrected chi connectivity index (χ2v) is 39.6. The zero-order valence-electron chi connectivity index (χ0n) is 83.4. The first-order valence-corrected chi connectivity index (χ1v) is 49.0. The lowest BCUT2D eigenvalue weighted by molar-refractivity contribution is -0.152. The van der Waals surface area contributed by atoms with Crippen molar-refractivity contribution in [3.05, 3.63) is 197 Å². The van der Waals surface area contributed by atoms with Crippen LogP contribution in [0, 0.1) is 16.7 Å². The molecule has 9 atom stereocenters. The zero-order chi connectivity index (χ0) is 108. The number of aliphatic carboxylic acids is 3. The van der Waals surface area contributed by atoms with E-state index in [1.165, 1.54) is 0 Å². The van der Waals surface area contributed by atoms with Crippen molar-refractivity contribution in [2.24, 2.45) is 37.9 Å². The van der Waals surface area contributed by atoms with Crippen molar-refractivity contribution >= 4 is 54.0 Å². The van der Waals surface area contributed by atoms with Gasteiger partial charge in [-0.15, -0.1) is 0 Å². The Morgan fingerprint density at radius 2 is 0.655 bits per heavy atom. The van der Waals surface area contributed by atoms with E-state index in [0.29, 0.717) is 149 Å². The van der Waals surface area contributed by atoms with E-state index in [2.05, 4.69) is 29.9 Å². The molecule has 3 N–H and O–H groups in total. The van der Waals surface area contributed by atoms with Crippen LogP contribution in [0.5, 0.6) is 0 Å². The quantitative estimate of drug-likeness (QED) is 0.0268. The normalized spacial score (nSPS) is 20.8. The fourth-order valence-electron chi connectivity index (χ4n) is 20.1. The number of carbonyl (C=O) groups excluding carboxylic acids is 3. The van der Waals surface area contributed by atoms with Crippen molar-refractivity contribution in [1.82, 2.24) is 58.3 Å². The number of hydrogen-bond donors (Lipinski definition) is 3. The van der Waals surface area contributed by atoms with Gasteiger partial charge in [0.1, 0.15) is 18.1 Å². The van der Waals surface area contributed by atoms with Gasteiger partial charge in [-0.1, -0.05) is 68.2 Å². The predicted octanol–water partition coefficient (Wildman–Crippen LogP) is 24.5. The van der Waals surface area contributed by atoms with E-state index >= 15 is 0 Å². The van der Waals surface area contributed by atoms with Gasteiger partial charge in [-0.05, 0) is 204 Å². The molecule has 5 fully saturated rings. The molecule has 806 valence electrons. The minimum Gasteiger partial charge on any atom is -0.481 e. The summed E-state index contributed by atoms with van der Waals surface area (Å²) in [7, 11) is 5.54. The van der Waals surface area contributed by atoms with Gasteiger partial charge in [0.25, 0.3) is 0 Å². The van der Waals surface area contributed by atoms with Crippen molar-refractivity contribution in [2.45, 2.75) is 301 Å². The molecule has 0 spiro atoms. The number of anilines is 3. The summed E-state index contributed by atoms with van der Waals surface area (Å²) in [6.45, 7) is 13.6. The number of piperidine rings is 3. The maximum Gasteiger partial charge on any atom is 0.416 e. The molecule has 148 heavy (non-hydrogen) atoms. The van der Waals surface area contributed by atoms with Gasteiger partial charge < -0.3 is 72.6 Å². The molecule has 9 aromatic rings. The molecular weight excluding hydrogens is 1980 g/mol. The number of rotatable bonds is 31. The summed E-state index contributed by atoms with van der Waals surface area (Å²) in [5.41, 5.74) is -6.35. The lowest BCUT2D eigenvalue weighted by Crippen LogP contribution is -2.57. The predicted molar refractivity (Wildman–Crippen MR) is 509 cm³/mol. The highest BCUT2D eigenvalue weighted by molar-refractivity contribution is 5.77. The van der Waals surface area contributed by atoms with Crippen LogP contribution in [0.25, 0.3) is 33.4 Å². The summed E-state index contributed by atoms with van der Waals surface area (Å²) in [4.78, 5) is 112. The van der Waals surface area contributed by atoms with Crippen LogP contribution < -0.4 is 14.7 Å². The number of alkyl halides is 18. The fraction of sp³-hybridized carbons (Fsp3) is 0.534. The molecule has 3 aromatic carbocycles. The molecule has 2 aliphatic carbocycles. The maximum absolute atomic E-state index is 13.8. The second-order valence-electron chi connectivity index (χ2n) is 39.6. The average Bonchev–Trinajstić information content (AvgIpc) is 1.39. The lowest BCUT2D eigenvalue weighted by atomic mass is 9.82. The highest BCUT2D eigenvalue weighted by Crippen LogP contribution is 2.47. The third kappa shape index (κ3) is 28.6. The van der Waals surface area contributed by atoms with Gasteiger partial charge >= 0.3 is 73.2 Å². The highest BCUT2D eigenvalue weighted by Gasteiger charge is 2.51. The standard InChI is InChI=1S/C35H41F6N5O4.C35H43F6N5O4.C33H37F6N5O4/c1-4-27-15-29(16-28(5-2)46(27)32(49)50-21-33(30(47)48)9-6-7-10-33)45(31-42-17-24(18-43-31)23-8-11-44(3)20-23)19-22-12-25(34(36,37)38)14-26(13-22)35(39,40)41;1-6-27-15-29(16-28(7-2)46(27)32(49)50-21-33(3,4)10-8-30(47)48)45(31-42-17-24(18-43-31)23-9-11-44(5)20-23)19-22-12-25(34(36,37)38)14-26(13-22)35(39,40)41;1-4-25-13-27(14-26(5-2)44(25)31(47)48-28-10-21(11-28)29(45)46)43(30-40-15-22(16-41-30)20-6-7-42(3)18-20)17-19-8-23(32(34,35)36)12-24(9-19)33(37,38)39/h8,11-14,17-18,20,27-29H,4-7,9-10,15-16,19,21H2,1-3H3,(H,47,48);9,11-14,17-18,20,27-29H,6-8,10,15-16,19,21H2,1-5H3,(H,47,48);6-9,12,15-16,18,21,25-28H,4-5,10-11,13-14,17H2,1-3H3,(H,45,46)/t2*27-,28+,29?;21?,25-,26+,27?,28?. The number of benzene rings is 3.